The van der Waals surface area contributed by atoms with Crippen LogP contribution >= 0.6 is 10.8 Å². The molecule has 0 rings (SSSR count). The normalized spacial score (nSPS) is 17.6. The molecule has 2 nitrogen and oxygen atoms in total. The lowest BCUT2D eigenvalue weighted by Gasteiger charge is -2.21. The van der Waals surface area contributed by atoms with Gasteiger partial charge in [-0.1, -0.05) is 0 Å². The molecule has 0 spiro atoms. The lowest BCUT2D eigenvalue weighted by atomic mass is 10.1. The molecule has 0 fully saturated rings. The number of halogens is 2. The van der Waals surface area contributed by atoms with Gasteiger partial charge in [0.2, 0.25) is 0 Å². The first-order valence-corrected chi connectivity index (χ1v) is 4.79. The molecule has 2 atom stereocenters. The Morgan fingerprint density at radius 1 is 1.27 bits per heavy atom. The van der Waals surface area contributed by atoms with E-state index < -0.39 is 22.0 Å². The standard InChI is InChI=1S/C6H8F2N2S/c1-5(3-9)6(4-10)11(2,7)8/h5-6H,1-2H3. The van der Waals surface area contributed by atoms with Crippen molar-refractivity contribution in [1.29, 1.82) is 10.5 Å². The first-order chi connectivity index (χ1) is 4.93. The van der Waals surface area contributed by atoms with E-state index in [9.17, 15) is 7.77 Å². The third kappa shape index (κ3) is 2.73. The molecule has 0 aliphatic heterocycles. The van der Waals surface area contributed by atoms with Crippen molar-refractivity contribution in [3.05, 3.63) is 0 Å². The average molecular weight is 178 g/mol. The molecule has 0 saturated carbocycles. The summed E-state index contributed by atoms with van der Waals surface area (Å²) in [5.74, 6) is -0.894. The van der Waals surface area contributed by atoms with E-state index in [2.05, 4.69) is 0 Å². The van der Waals surface area contributed by atoms with Crippen LogP contribution in [0.2, 0.25) is 0 Å². The highest BCUT2D eigenvalue weighted by molar-refractivity contribution is 8.25. The molecule has 0 N–H and O–H groups in total. The van der Waals surface area contributed by atoms with Gasteiger partial charge in [0.15, 0.2) is 0 Å². The first kappa shape index (κ1) is 10.2. The largest absolute Gasteiger partial charge is 0.198 e. The number of hydrogen-bond donors (Lipinski definition) is 0. The Balaban J connectivity index is 4.48. The molecule has 0 saturated heterocycles. The quantitative estimate of drug-likeness (QED) is 0.651. The maximum atomic E-state index is 12.5. The number of rotatable bonds is 2. The van der Waals surface area contributed by atoms with Gasteiger partial charge in [0.1, 0.15) is 5.25 Å². The van der Waals surface area contributed by atoms with Gasteiger partial charge in [0.25, 0.3) is 0 Å². The summed E-state index contributed by atoms with van der Waals surface area (Å²) in [4.78, 5) is 0. The zero-order chi connectivity index (χ0) is 9.07. The van der Waals surface area contributed by atoms with Crippen molar-refractivity contribution < 1.29 is 7.77 Å². The van der Waals surface area contributed by atoms with Gasteiger partial charge in [-0.2, -0.15) is 18.3 Å². The highest BCUT2D eigenvalue weighted by Gasteiger charge is 2.33. The average Bonchev–Trinajstić information content (AvgIpc) is 1.86. The van der Waals surface area contributed by atoms with E-state index in [1.807, 2.05) is 0 Å². The Bertz CT molecular complexity index is 210. The highest BCUT2D eigenvalue weighted by atomic mass is 32.3. The summed E-state index contributed by atoms with van der Waals surface area (Å²) in [6.07, 6.45) is 0.731. The molecular formula is C6H8F2N2S. The van der Waals surface area contributed by atoms with E-state index >= 15 is 0 Å². The van der Waals surface area contributed by atoms with Crippen LogP contribution < -0.4 is 0 Å². The smallest absolute Gasteiger partial charge is 0.144 e. The minimum atomic E-state index is -3.91. The van der Waals surface area contributed by atoms with Crippen LogP contribution in [0.15, 0.2) is 0 Å². The summed E-state index contributed by atoms with van der Waals surface area (Å²) in [5, 5.41) is 15.2. The fourth-order valence-corrected chi connectivity index (χ4v) is 1.59. The van der Waals surface area contributed by atoms with E-state index in [4.69, 9.17) is 10.5 Å². The second-order valence-corrected chi connectivity index (χ2v) is 4.32. The first-order valence-electron chi connectivity index (χ1n) is 2.89. The SMILES string of the molecule is CC(C#N)C(C#N)S(C)(F)F. The van der Waals surface area contributed by atoms with Crippen LogP contribution in [0.3, 0.4) is 0 Å². The molecule has 0 heterocycles. The summed E-state index contributed by atoms with van der Waals surface area (Å²) >= 11 is 0. The molecular weight excluding hydrogens is 170 g/mol. The molecule has 0 aromatic heterocycles. The van der Waals surface area contributed by atoms with Crippen LogP contribution in [0.1, 0.15) is 6.92 Å². The Kier molecular flexibility index (Phi) is 3.28. The fraction of sp³-hybridized carbons (Fsp3) is 0.667. The molecule has 11 heavy (non-hydrogen) atoms. The predicted octanol–water partition coefficient (Wildman–Crippen LogP) is 2.24. The molecule has 0 amide bonds. The van der Waals surface area contributed by atoms with Gasteiger partial charge in [0.05, 0.1) is 28.9 Å². The molecule has 62 valence electrons. The summed E-state index contributed by atoms with van der Waals surface area (Å²) in [5.41, 5.74) is 0. The van der Waals surface area contributed by atoms with E-state index in [1.165, 1.54) is 13.0 Å². The summed E-state index contributed by atoms with van der Waals surface area (Å²) in [7, 11) is -3.91. The van der Waals surface area contributed by atoms with Gasteiger partial charge in [-0.15, -0.1) is 0 Å². The molecule has 0 aromatic carbocycles. The minimum Gasteiger partial charge on any atom is -0.198 e. The van der Waals surface area contributed by atoms with Crippen molar-refractivity contribution in [2.45, 2.75) is 12.2 Å². The topological polar surface area (TPSA) is 47.6 Å². The van der Waals surface area contributed by atoms with Crippen molar-refractivity contribution in [1.82, 2.24) is 0 Å². The summed E-state index contributed by atoms with van der Waals surface area (Å²) in [6, 6.07) is 3.10. The van der Waals surface area contributed by atoms with Crippen LogP contribution in [0.4, 0.5) is 7.77 Å². The van der Waals surface area contributed by atoms with Crippen LogP contribution in [-0.4, -0.2) is 11.5 Å². The molecule has 2 unspecified atom stereocenters. The molecule has 0 bridgehead atoms. The molecule has 0 aliphatic rings. The van der Waals surface area contributed by atoms with Crippen LogP contribution in [-0.2, 0) is 0 Å². The maximum absolute atomic E-state index is 12.5. The Morgan fingerprint density at radius 2 is 1.73 bits per heavy atom. The summed E-state index contributed by atoms with van der Waals surface area (Å²) in [6.45, 7) is 1.33. The zero-order valence-electron chi connectivity index (χ0n) is 6.21. The zero-order valence-corrected chi connectivity index (χ0v) is 7.03. The van der Waals surface area contributed by atoms with Crippen molar-refractivity contribution >= 4 is 10.8 Å². The van der Waals surface area contributed by atoms with Gasteiger partial charge in [-0.05, 0) is 6.92 Å². The van der Waals surface area contributed by atoms with Gasteiger partial charge in [-0.25, -0.2) is 0 Å². The number of nitriles is 2. The van der Waals surface area contributed by atoms with Gasteiger partial charge >= 0.3 is 0 Å². The van der Waals surface area contributed by atoms with Crippen LogP contribution in [0.25, 0.3) is 0 Å². The monoisotopic (exact) mass is 178 g/mol. The molecule has 0 aliphatic carbocycles. The Morgan fingerprint density at radius 3 is 1.82 bits per heavy atom. The number of nitrogens with zero attached hydrogens (tertiary/aromatic N) is 2. The molecule has 0 radical (unpaired) electrons. The van der Waals surface area contributed by atoms with Gasteiger partial charge < -0.3 is 0 Å². The highest BCUT2D eigenvalue weighted by Crippen LogP contribution is 2.54. The second kappa shape index (κ2) is 3.54. The molecule has 5 heteroatoms. The van der Waals surface area contributed by atoms with Crippen molar-refractivity contribution in [3.63, 3.8) is 0 Å². The number of hydrogen-bond acceptors (Lipinski definition) is 2. The van der Waals surface area contributed by atoms with Crippen molar-refractivity contribution in [3.8, 4) is 12.1 Å². The fourth-order valence-electron chi connectivity index (χ4n) is 0.630. The van der Waals surface area contributed by atoms with E-state index in [-0.39, 0.29) is 0 Å². The van der Waals surface area contributed by atoms with Crippen LogP contribution in [0, 0.1) is 28.6 Å². The van der Waals surface area contributed by atoms with Crippen molar-refractivity contribution in [2.75, 3.05) is 6.26 Å². The van der Waals surface area contributed by atoms with E-state index in [0.717, 1.165) is 6.26 Å². The maximum Gasteiger partial charge on any atom is 0.144 e. The minimum absolute atomic E-state index is 0.731. The molecule has 0 aromatic rings. The third-order valence-electron chi connectivity index (χ3n) is 1.23. The predicted molar refractivity (Wildman–Crippen MR) is 39.9 cm³/mol. The van der Waals surface area contributed by atoms with Gasteiger partial charge in [-0.3, -0.25) is 0 Å². The summed E-state index contributed by atoms with van der Waals surface area (Å²) < 4.78 is 25.1. The third-order valence-corrected chi connectivity index (χ3v) is 2.64. The van der Waals surface area contributed by atoms with E-state index in [0.29, 0.717) is 0 Å². The van der Waals surface area contributed by atoms with Crippen molar-refractivity contribution in [2.24, 2.45) is 5.92 Å². The van der Waals surface area contributed by atoms with Crippen LogP contribution in [0.5, 0.6) is 0 Å². The Labute approximate surface area is 66.3 Å². The lowest BCUT2D eigenvalue weighted by Crippen LogP contribution is -2.16. The van der Waals surface area contributed by atoms with Gasteiger partial charge in [0, 0.05) is 6.26 Å². The van der Waals surface area contributed by atoms with E-state index in [1.54, 1.807) is 6.07 Å². The lowest BCUT2D eigenvalue weighted by molar-refractivity contribution is 0.677. The Hall–Kier alpha value is -0.810. The second-order valence-electron chi connectivity index (χ2n) is 2.25.